The van der Waals surface area contributed by atoms with E-state index in [2.05, 4.69) is 5.32 Å². The highest BCUT2D eigenvalue weighted by atomic mass is 19.1. The van der Waals surface area contributed by atoms with E-state index in [1.165, 1.54) is 18.2 Å². The zero-order chi connectivity index (χ0) is 29.9. The Hall–Kier alpha value is -4.06. The first-order valence-corrected chi connectivity index (χ1v) is 12.4. The predicted molar refractivity (Wildman–Crippen MR) is 132 cm³/mol. The molecule has 5 rings (SSSR count). The Morgan fingerprint density at radius 2 is 1.68 bits per heavy atom. The second-order valence-corrected chi connectivity index (χ2v) is 9.94. The van der Waals surface area contributed by atoms with E-state index in [1.807, 2.05) is 4.90 Å². The van der Waals surface area contributed by atoms with E-state index in [1.54, 1.807) is 5.32 Å². The largest absolute Gasteiger partial charge is 0.507 e. The van der Waals surface area contributed by atoms with Gasteiger partial charge in [0, 0.05) is 49.5 Å². The molecule has 3 aliphatic heterocycles. The lowest BCUT2D eigenvalue weighted by Gasteiger charge is -2.44. The monoisotopic (exact) mass is 578 g/mol. The summed E-state index contributed by atoms with van der Waals surface area (Å²) in [6.07, 6.45) is 0. The van der Waals surface area contributed by atoms with Crippen LogP contribution in [0.2, 0.25) is 0 Å². The Bertz CT molecular complexity index is 1440. The molecule has 1 atom stereocenters. The number of piperidine rings is 1. The molecule has 3 aliphatic rings. The van der Waals surface area contributed by atoms with E-state index in [-0.39, 0.29) is 34.5 Å². The minimum absolute atomic E-state index is 0.000700. The van der Waals surface area contributed by atoms with Crippen LogP contribution in [0.1, 0.15) is 27.0 Å². The van der Waals surface area contributed by atoms with E-state index >= 15 is 0 Å². The number of nitrogens with one attached hydrogen (secondary N) is 2. The second-order valence-electron chi connectivity index (χ2n) is 9.94. The Morgan fingerprint density at radius 1 is 1.00 bits per heavy atom. The molecule has 0 radical (unpaired) electrons. The van der Waals surface area contributed by atoms with Gasteiger partial charge in [-0.2, -0.15) is 0 Å². The summed E-state index contributed by atoms with van der Waals surface area (Å²) in [6, 6.07) is 1.94. The summed E-state index contributed by atoms with van der Waals surface area (Å²) in [5.41, 5.74) is -0.131. The summed E-state index contributed by atoms with van der Waals surface area (Å²) < 4.78 is 20.2. The van der Waals surface area contributed by atoms with Crippen LogP contribution in [0.4, 0.5) is 10.1 Å². The van der Waals surface area contributed by atoms with Gasteiger partial charge in [-0.25, -0.2) is 4.39 Å². The summed E-state index contributed by atoms with van der Waals surface area (Å²) in [7, 11) is 0. The van der Waals surface area contributed by atoms with Crippen molar-refractivity contribution in [2.75, 3.05) is 31.6 Å². The fraction of sp³-hybridized carbons (Fsp3) is 0.400. The van der Waals surface area contributed by atoms with Gasteiger partial charge < -0.3 is 50.7 Å². The first-order valence-electron chi connectivity index (χ1n) is 12.4. The van der Waals surface area contributed by atoms with Gasteiger partial charge in [-0.05, 0) is 12.1 Å². The molecule has 3 amide bonds. The highest BCUT2D eigenvalue weighted by Gasteiger charge is 2.67. The van der Waals surface area contributed by atoms with Gasteiger partial charge in [-0.3, -0.25) is 24.6 Å². The summed E-state index contributed by atoms with van der Waals surface area (Å²) >= 11 is 0. The molecule has 9 N–H and O–H groups in total. The molecule has 3 heterocycles. The highest BCUT2D eigenvalue weighted by molar-refractivity contribution is 6.08. The molecule has 2 aromatic rings. The Labute approximate surface area is 230 Å². The number of imide groups is 1. The molecule has 0 spiro atoms. The van der Waals surface area contributed by atoms with Gasteiger partial charge in [0.1, 0.15) is 5.75 Å². The zero-order valence-electron chi connectivity index (χ0n) is 21.3. The van der Waals surface area contributed by atoms with Crippen LogP contribution in [-0.2, 0) is 34.0 Å². The van der Waals surface area contributed by atoms with Crippen LogP contribution in [-0.4, -0.2) is 107 Å². The van der Waals surface area contributed by atoms with Gasteiger partial charge in [-0.1, -0.05) is 6.07 Å². The molecule has 0 aromatic heterocycles. The number of fused-ring (bicyclic) bond motifs is 1. The number of carbonyl (C=O) groups excluding carboxylic acids is 3. The highest BCUT2D eigenvalue weighted by Crippen LogP contribution is 2.43. The summed E-state index contributed by atoms with van der Waals surface area (Å²) in [5, 5.41) is 76.4. The number of hydrogen-bond acceptors (Lipinski definition) is 13. The fourth-order valence-electron chi connectivity index (χ4n) is 5.16. The number of carbonyl (C=O) groups is 3. The number of aliphatic hydroxyl groups is 4. The topological polar surface area (TPSA) is 233 Å². The maximum absolute atomic E-state index is 15.0. The molecule has 15 nitrogen and oxygen atoms in total. The molecule has 16 heteroatoms. The summed E-state index contributed by atoms with van der Waals surface area (Å²) in [6.45, 7) is 0.888. The molecule has 0 bridgehead atoms. The number of morpholine rings is 1. The van der Waals surface area contributed by atoms with Crippen molar-refractivity contribution in [2.45, 2.75) is 37.3 Å². The first kappa shape index (κ1) is 28.5. The van der Waals surface area contributed by atoms with Gasteiger partial charge in [-0.15, -0.1) is 0 Å². The number of aromatic hydroxyl groups is 3. The zero-order valence-corrected chi connectivity index (χ0v) is 21.3. The van der Waals surface area contributed by atoms with Gasteiger partial charge >= 0.3 is 5.79 Å². The Morgan fingerprint density at radius 3 is 2.37 bits per heavy atom. The van der Waals surface area contributed by atoms with Gasteiger partial charge in [0.25, 0.3) is 23.5 Å². The lowest BCUT2D eigenvalue weighted by atomic mass is 9.90. The van der Waals surface area contributed by atoms with Crippen molar-refractivity contribution in [3.05, 3.63) is 46.3 Å². The minimum atomic E-state index is -3.82. The number of benzene rings is 2. The summed E-state index contributed by atoms with van der Waals surface area (Å²) in [4.78, 5) is 39.9. The molecular formula is C25H27FN4O11. The molecule has 220 valence electrons. The number of anilines is 1. The van der Waals surface area contributed by atoms with Crippen molar-refractivity contribution in [3.63, 3.8) is 0 Å². The predicted octanol–water partition coefficient (Wildman–Crippen LogP) is -2.27. The molecule has 2 saturated heterocycles. The molecule has 0 saturated carbocycles. The molecular weight excluding hydrogens is 551 g/mol. The van der Waals surface area contributed by atoms with E-state index in [0.29, 0.717) is 31.2 Å². The van der Waals surface area contributed by atoms with Crippen LogP contribution in [0, 0.1) is 5.82 Å². The standard InChI is InChI=1S/C25H27FN4O11/c26-16-12(17(31)14(18(32)19(16)33)9-29-4-6-41-7-5-29)8-27-15-3-1-2-11-13(15)10-30(22(11)35)20-21(34)28-23(36)25(39,40)24(20,37)38/h1-3,20,27,31-33,37-40H,4-10H2,(H,28,34,36). The number of halogens is 1. The van der Waals surface area contributed by atoms with Crippen LogP contribution in [0.5, 0.6) is 17.2 Å². The second kappa shape index (κ2) is 10.1. The molecule has 41 heavy (non-hydrogen) atoms. The van der Waals surface area contributed by atoms with Crippen LogP contribution in [0.3, 0.4) is 0 Å². The minimum Gasteiger partial charge on any atom is -0.507 e. The number of hydrogen-bond donors (Lipinski definition) is 9. The van der Waals surface area contributed by atoms with Crippen LogP contribution in [0.15, 0.2) is 18.2 Å². The van der Waals surface area contributed by atoms with Crippen molar-refractivity contribution in [1.29, 1.82) is 0 Å². The van der Waals surface area contributed by atoms with Crippen molar-refractivity contribution in [2.24, 2.45) is 0 Å². The van der Waals surface area contributed by atoms with Gasteiger partial charge in [0.2, 0.25) is 0 Å². The SMILES string of the molecule is O=C1NC(=O)C(O)(O)C(O)(O)C1N1Cc2c(NCc3c(O)c(CN4CCOCC4)c(O)c(O)c3F)cccc2C1=O. The van der Waals surface area contributed by atoms with Gasteiger partial charge in [0.15, 0.2) is 23.4 Å². The fourth-order valence-corrected chi connectivity index (χ4v) is 5.16. The Balaban J connectivity index is 1.42. The number of nitrogens with zero attached hydrogens (tertiary/aromatic N) is 2. The maximum atomic E-state index is 15.0. The molecule has 2 fully saturated rings. The number of amides is 3. The Kier molecular flexibility index (Phi) is 7.01. The quantitative estimate of drug-likeness (QED) is 0.0763. The number of phenolic OH excluding ortho intramolecular Hbond substituents is 3. The van der Waals surface area contributed by atoms with Crippen molar-refractivity contribution >= 4 is 23.4 Å². The maximum Gasteiger partial charge on any atom is 0.303 e. The van der Waals surface area contributed by atoms with Crippen molar-refractivity contribution in [1.82, 2.24) is 15.1 Å². The average molecular weight is 579 g/mol. The number of ether oxygens (including phenoxy) is 1. The molecule has 2 aromatic carbocycles. The lowest BCUT2D eigenvalue weighted by Crippen LogP contribution is -2.79. The summed E-state index contributed by atoms with van der Waals surface area (Å²) in [5.74, 6) is -15.4. The van der Waals surface area contributed by atoms with E-state index in [9.17, 15) is 54.5 Å². The van der Waals surface area contributed by atoms with Crippen LogP contribution >= 0.6 is 0 Å². The normalized spacial score (nSPS) is 22.0. The smallest absolute Gasteiger partial charge is 0.303 e. The van der Waals surface area contributed by atoms with Crippen molar-refractivity contribution in [3.8, 4) is 17.2 Å². The van der Waals surface area contributed by atoms with Crippen LogP contribution < -0.4 is 10.6 Å². The van der Waals surface area contributed by atoms with E-state index in [4.69, 9.17) is 4.74 Å². The van der Waals surface area contributed by atoms with E-state index in [0.717, 1.165) is 0 Å². The third kappa shape index (κ3) is 4.50. The molecule has 1 unspecified atom stereocenters. The van der Waals surface area contributed by atoms with Gasteiger partial charge in [0.05, 0.1) is 24.3 Å². The lowest BCUT2D eigenvalue weighted by molar-refractivity contribution is -0.355. The van der Waals surface area contributed by atoms with E-state index < -0.39 is 71.5 Å². The third-order valence-corrected chi connectivity index (χ3v) is 7.50. The van der Waals surface area contributed by atoms with Crippen molar-refractivity contribution < 1.29 is 59.3 Å². The van der Waals surface area contributed by atoms with Crippen LogP contribution in [0.25, 0.3) is 0 Å². The number of phenols is 3. The third-order valence-electron chi connectivity index (χ3n) is 7.50. The average Bonchev–Trinajstić information content (AvgIpc) is 3.26. The number of rotatable bonds is 6. The first-order chi connectivity index (χ1) is 19.3. The molecule has 0 aliphatic carbocycles.